The lowest BCUT2D eigenvalue weighted by molar-refractivity contribution is -0.117. The summed E-state index contributed by atoms with van der Waals surface area (Å²) >= 11 is 0. The predicted molar refractivity (Wildman–Crippen MR) is 81.0 cm³/mol. The van der Waals surface area contributed by atoms with Gasteiger partial charge in [0.05, 0.1) is 7.11 Å². The lowest BCUT2D eigenvalue weighted by atomic mass is 10.2. The number of hydrogen-bond donors (Lipinski definition) is 1. The first kappa shape index (κ1) is 14.4. The highest BCUT2D eigenvalue weighted by Crippen LogP contribution is 2.15. The molecule has 1 amide bonds. The fourth-order valence-electron chi connectivity index (χ4n) is 2.56. The van der Waals surface area contributed by atoms with Gasteiger partial charge in [0.1, 0.15) is 18.1 Å². The number of rotatable bonds is 4. The zero-order valence-corrected chi connectivity index (χ0v) is 12.4. The van der Waals surface area contributed by atoms with Gasteiger partial charge in [-0.3, -0.25) is 9.36 Å². The van der Waals surface area contributed by atoms with Crippen LogP contribution in [0.3, 0.4) is 0 Å². The van der Waals surface area contributed by atoms with Crippen molar-refractivity contribution in [2.45, 2.75) is 32.4 Å². The number of amides is 1. The lowest BCUT2D eigenvalue weighted by Gasteiger charge is -2.09. The van der Waals surface area contributed by atoms with Crippen LogP contribution in [-0.2, 0) is 24.3 Å². The molecule has 1 aliphatic heterocycles. The molecule has 0 atom stereocenters. The highest BCUT2D eigenvalue weighted by atomic mass is 16.5. The molecule has 1 aromatic carbocycles. The third kappa shape index (κ3) is 2.88. The van der Waals surface area contributed by atoms with Crippen LogP contribution in [0.2, 0.25) is 0 Å². The van der Waals surface area contributed by atoms with Crippen LogP contribution in [0.25, 0.3) is 0 Å². The van der Waals surface area contributed by atoms with Crippen LogP contribution in [0, 0.1) is 0 Å². The smallest absolute Gasteiger partial charge is 0.346 e. The molecular weight excluding hydrogens is 284 g/mol. The number of aryl methyl sites for hydroxylation is 1. The minimum atomic E-state index is -0.275. The zero-order chi connectivity index (χ0) is 15.5. The Morgan fingerprint density at radius 3 is 2.77 bits per heavy atom. The number of nitrogens with one attached hydrogen (secondary N) is 1. The summed E-state index contributed by atoms with van der Waals surface area (Å²) in [5.74, 6) is 1.22. The molecule has 0 fully saturated rings. The molecular formula is C15H18N4O3. The van der Waals surface area contributed by atoms with E-state index in [1.807, 2.05) is 0 Å². The number of benzene rings is 1. The molecule has 0 saturated heterocycles. The van der Waals surface area contributed by atoms with Crippen molar-refractivity contribution in [3.05, 3.63) is 40.6 Å². The number of carbonyl (C=O) groups is 1. The summed E-state index contributed by atoms with van der Waals surface area (Å²) in [6.07, 6.45) is 2.81. The molecule has 0 aliphatic carbocycles. The maximum atomic E-state index is 12.2. The van der Waals surface area contributed by atoms with Crippen molar-refractivity contribution in [2.24, 2.45) is 0 Å². The molecule has 0 bridgehead atoms. The number of carbonyl (C=O) groups excluding carboxylic acids is 1. The molecule has 22 heavy (non-hydrogen) atoms. The van der Waals surface area contributed by atoms with Crippen molar-refractivity contribution >= 4 is 11.6 Å². The van der Waals surface area contributed by atoms with E-state index in [1.165, 1.54) is 4.68 Å². The Morgan fingerprint density at radius 1 is 1.32 bits per heavy atom. The number of nitrogens with zero attached hydrogens (tertiary/aromatic N) is 3. The molecule has 7 heteroatoms. The Labute approximate surface area is 127 Å². The molecule has 7 nitrogen and oxygen atoms in total. The molecule has 0 spiro atoms. The summed E-state index contributed by atoms with van der Waals surface area (Å²) in [4.78, 5) is 24.2. The Balaban J connectivity index is 1.69. The maximum Gasteiger partial charge on any atom is 0.346 e. The van der Waals surface area contributed by atoms with Gasteiger partial charge < -0.3 is 10.1 Å². The van der Waals surface area contributed by atoms with Crippen molar-refractivity contribution < 1.29 is 9.53 Å². The molecule has 2 aromatic rings. The van der Waals surface area contributed by atoms with Crippen LogP contribution in [-0.4, -0.2) is 27.4 Å². The fraction of sp³-hybridized carbons (Fsp3) is 0.400. The predicted octanol–water partition coefficient (Wildman–Crippen LogP) is 1.03. The van der Waals surface area contributed by atoms with E-state index in [-0.39, 0.29) is 18.1 Å². The van der Waals surface area contributed by atoms with Gasteiger partial charge in [-0.1, -0.05) is 0 Å². The van der Waals surface area contributed by atoms with Crippen molar-refractivity contribution in [3.8, 4) is 5.75 Å². The first-order chi connectivity index (χ1) is 10.7. The van der Waals surface area contributed by atoms with Gasteiger partial charge in [0, 0.05) is 18.7 Å². The minimum absolute atomic E-state index is 0.0785. The molecule has 1 N–H and O–H groups in total. The summed E-state index contributed by atoms with van der Waals surface area (Å²) in [6, 6.07) is 7.02. The molecule has 1 aliphatic rings. The minimum Gasteiger partial charge on any atom is -0.497 e. The van der Waals surface area contributed by atoms with E-state index >= 15 is 0 Å². The Kier molecular flexibility index (Phi) is 3.95. The van der Waals surface area contributed by atoms with Crippen molar-refractivity contribution in [1.29, 1.82) is 0 Å². The van der Waals surface area contributed by atoms with Gasteiger partial charge in [-0.2, -0.15) is 5.10 Å². The van der Waals surface area contributed by atoms with Crippen LogP contribution in [0.4, 0.5) is 5.69 Å². The van der Waals surface area contributed by atoms with Gasteiger partial charge in [0.25, 0.3) is 0 Å². The van der Waals surface area contributed by atoms with Gasteiger partial charge in [0.2, 0.25) is 5.91 Å². The molecule has 116 valence electrons. The van der Waals surface area contributed by atoms with E-state index in [0.717, 1.165) is 30.8 Å². The Bertz CT molecular complexity index is 730. The van der Waals surface area contributed by atoms with Gasteiger partial charge in [0.15, 0.2) is 0 Å². The first-order valence-corrected chi connectivity index (χ1v) is 7.28. The van der Waals surface area contributed by atoms with E-state index in [4.69, 9.17) is 4.74 Å². The molecule has 0 saturated carbocycles. The zero-order valence-electron chi connectivity index (χ0n) is 12.4. The largest absolute Gasteiger partial charge is 0.497 e. The first-order valence-electron chi connectivity index (χ1n) is 7.28. The third-order valence-electron chi connectivity index (χ3n) is 3.70. The molecule has 1 aromatic heterocycles. The van der Waals surface area contributed by atoms with E-state index in [0.29, 0.717) is 12.2 Å². The lowest BCUT2D eigenvalue weighted by Crippen LogP contribution is -2.30. The Hall–Kier alpha value is -2.57. The molecule has 0 radical (unpaired) electrons. The summed E-state index contributed by atoms with van der Waals surface area (Å²) < 4.78 is 7.95. The summed E-state index contributed by atoms with van der Waals surface area (Å²) in [5, 5.41) is 6.99. The van der Waals surface area contributed by atoms with Crippen molar-refractivity contribution in [1.82, 2.24) is 14.3 Å². The fourth-order valence-corrected chi connectivity index (χ4v) is 2.56. The van der Waals surface area contributed by atoms with E-state index in [2.05, 4.69) is 10.4 Å². The quantitative estimate of drug-likeness (QED) is 0.915. The van der Waals surface area contributed by atoms with E-state index in [1.54, 1.807) is 35.9 Å². The van der Waals surface area contributed by atoms with Crippen LogP contribution in [0.1, 0.15) is 18.7 Å². The number of aromatic nitrogens is 3. The van der Waals surface area contributed by atoms with E-state index in [9.17, 15) is 9.59 Å². The number of fused-ring (bicyclic) bond motifs is 1. The second-order valence-corrected chi connectivity index (χ2v) is 5.24. The third-order valence-corrected chi connectivity index (χ3v) is 3.70. The van der Waals surface area contributed by atoms with Crippen molar-refractivity contribution in [3.63, 3.8) is 0 Å². The van der Waals surface area contributed by atoms with Crippen LogP contribution >= 0.6 is 0 Å². The SMILES string of the molecule is COc1ccc(NC(=O)Cn2nc3n(c2=O)CCCC3)cc1. The van der Waals surface area contributed by atoms with Gasteiger partial charge in [-0.25, -0.2) is 9.48 Å². The van der Waals surface area contributed by atoms with Crippen LogP contribution in [0.15, 0.2) is 29.1 Å². The standard InChI is InChI=1S/C15H18N4O3/c1-22-12-7-5-11(6-8-12)16-14(20)10-19-15(21)18-9-3-2-4-13(18)17-19/h5-8H,2-4,9-10H2,1H3,(H,16,20). The second-order valence-electron chi connectivity index (χ2n) is 5.24. The summed E-state index contributed by atoms with van der Waals surface area (Å²) in [6.45, 7) is 0.610. The number of hydrogen-bond acceptors (Lipinski definition) is 4. The number of ether oxygens (including phenoxy) is 1. The van der Waals surface area contributed by atoms with Gasteiger partial charge >= 0.3 is 5.69 Å². The Morgan fingerprint density at radius 2 is 2.09 bits per heavy atom. The molecule has 3 rings (SSSR count). The summed E-state index contributed by atoms with van der Waals surface area (Å²) in [5.41, 5.74) is 0.447. The average Bonchev–Trinajstić information content (AvgIpc) is 2.84. The van der Waals surface area contributed by atoms with Crippen LogP contribution in [0.5, 0.6) is 5.75 Å². The van der Waals surface area contributed by atoms with E-state index < -0.39 is 0 Å². The van der Waals surface area contributed by atoms with Gasteiger partial charge in [-0.15, -0.1) is 0 Å². The normalized spacial score (nSPS) is 13.5. The summed E-state index contributed by atoms with van der Waals surface area (Å²) in [7, 11) is 1.58. The monoisotopic (exact) mass is 302 g/mol. The van der Waals surface area contributed by atoms with Crippen molar-refractivity contribution in [2.75, 3.05) is 12.4 Å². The molecule has 2 heterocycles. The second kappa shape index (κ2) is 6.05. The number of anilines is 1. The highest BCUT2D eigenvalue weighted by Gasteiger charge is 2.18. The van der Waals surface area contributed by atoms with Crippen LogP contribution < -0.4 is 15.7 Å². The topological polar surface area (TPSA) is 78.2 Å². The highest BCUT2D eigenvalue weighted by molar-refractivity contribution is 5.90. The number of methoxy groups -OCH3 is 1. The average molecular weight is 302 g/mol. The maximum absolute atomic E-state index is 12.2. The molecule has 0 unspecified atom stereocenters. The van der Waals surface area contributed by atoms with Gasteiger partial charge in [-0.05, 0) is 37.1 Å².